The molecule has 0 N–H and O–H groups in total. The van der Waals surface area contributed by atoms with E-state index in [9.17, 15) is 26.7 Å². The van der Waals surface area contributed by atoms with Crippen LogP contribution in [0, 0.1) is 5.41 Å². The summed E-state index contributed by atoms with van der Waals surface area (Å²) in [5.41, 5.74) is -4.11. The summed E-state index contributed by atoms with van der Waals surface area (Å²) in [6, 6.07) is 0. The van der Waals surface area contributed by atoms with Crippen LogP contribution < -0.4 is 0 Å². The van der Waals surface area contributed by atoms with E-state index in [4.69, 9.17) is 4.74 Å². The Kier molecular flexibility index (Phi) is 6.17. The van der Waals surface area contributed by atoms with Crippen molar-refractivity contribution in [3.05, 3.63) is 0 Å². The fraction of sp³-hybridized carbons (Fsp3) is 0.923. The summed E-state index contributed by atoms with van der Waals surface area (Å²) < 4.78 is 74.5. The summed E-state index contributed by atoms with van der Waals surface area (Å²) in [5, 5.41) is 0. The molecule has 0 saturated carbocycles. The average Bonchev–Trinajstić information content (AvgIpc) is 2.23. The predicted molar refractivity (Wildman–Crippen MR) is 65.8 cm³/mol. The molecule has 8 heteroatoms. The normalized spacial score (nSPS) is 16.5. The van der Waals surface area contributed by atoms with Crippen LogP contribution in [0.3, 0.4) is 0 Å². The number of carbonyl (C=O) groups is 1. The fourth-order valence-corrected chi connectivity index (χ4v) is 1.39. The van der Waals surface area contributed by atoms with E-state index in [2.05, 4.69) is 4.74 Å². The van der Waals surface area contributed by atoms with Crippen molar-refractivity contribution in [1.29, 1.82) is 0 Å². The molecule has 1 atom stereocenters. The van der Waals surface area contributed by atoms with Gasteiger partial charge in [0.05, 0.1) is 13.0 Å². The zero-order valence-electron chi connectivity index (χ0n) is 12.7. The van der Waals surface area contributed by atoms with E-state index >= 15 is 0 Å². The lowest BCUT2D eigenvalue weighted by Gasteiger charge is -2.37. The predicted octanol–water partition coefficient (Wildman–Crippen LogP) is 4.31. The highest BCUT2D eigenvalue weighted by atomic mass is 19.4. The first-order valence-corrected chi connectivity index (χ1v) is 6.46. The fourth-order valence-electron chi connectivity index (χ4n) is 1.39. The quantitative estimate of drug-likeness (QED) is 0.540. The number of rotatable bonds is 6. The zero-order chi connectivity index (χ0) is 17.1. The molecule has 0 aliphatic rings. The molecule has 0 saturated heterocycles. The Morgan fingerprint density at radius 1 is 1.00 bits per heavy atom. The molecule has 0 aliphatic carbocycles. The number of halogens is 5. The molecule has 21 heavy (non-hydrogen) atoms. The van der Waals surface area contributed by atoms with Gasteiger partial charge in [-0.15, -0.1) is 0 Å². The molecule has 0 fully saturated rings. The van der Waals surface area contributed by atoms with Crippen molar-refractivity contribution in [3.63, 3.8) is 0 Å². The van der Waals surface area contributed by atoms with Crippen molar-refractivity contribution in [2.75, 3.05) is 6.61 Å². The lowest BCUT2D eigenvalue weighted by molar-refractivity contribution is -0.379. The number of hydrogen-bond acceptors (Lipinski definition) is 3. The van der Waals surface area contributed by atoms with Crippen molar-refractivity contribution in [1.82, 2.24) is 0 Å². The molecule has 0 aliphatic heterocycles. The third kappa shape index (κ3) is 5.41. The van der Waals surface area contributed by atoms with E-state index in [0.29, 0.717) is 6.92 Å². The molecular weight excluding hydrogens is 299 g/mol. The maximum atomic E-state index is 13.7. The van der Waals surface area contributed by atoms with E-state index in [1.807, 2.05) is 0 Å². The number of carbonyl (C=O) groups excluding carboxylic acids is 1. The van der Waals surface area contributed by atoms with Gasteiger partial charge in [-0.2, -0.15) is 22.0 Å². The minimum Gasteiger partial charge on any atom is -0.460 e. The topological polar surface area (TPSA) is 35.5 Å². The largest absolute Gasteiger partial charge is 0.460 e. The van der Waals surface area contributed by atoms with Crippen LogP contribution in [-0.2, 0) is 14.3 Å². The second kappa shape index (κ2) is 6.46. The van der Waals surface area contributed by atoms with Crippen LogP contribution >= 0.6 is 0 Å². The van der Waals surface area contributed by atoms with E-state index in [1.165, 1.54) is 0 Å². The van der Waals surface area contributed by atoms with Crippen LogP contribution in [0.1, 0.15) is 47.5 Å². The Hall–Kier alpha value is -0.920. The molecule has 0 radical (unpaired) electrons. The second-order valence-electron chi connectivity index (χ2n) is 5.89. The smallest absolute Gasteiger partial charge is 0.402 e. The minimum absolute atomic E-state index is 0.389. The molecule has 3 nitrogen and oxygen atoms in total. The molecule has 0 rings (SSSR count). The summed E-state index contributed by atoms with van der Waals surface area (Å²) in [7, 11) is 0. The molecule has 0 aromatic carbocycles. The Bertz CT molecular complexity index is 360. The van der Waals surface area contributed by atoms with Gasteiger partial charge in [-0.25, -0.2) is 0 Å². The van der Waals surface area contributed by atoms with Gasteiger partial charge >= 0.3 is 18.3 Å². The van der Waals surface area contributed by atoms with Crippen molar-refractivity contribution < 1.29 is 36.2 Å². The van der Waals surface area contributed by atoms with Gasteiger partial charge in [0.15, 0.2) is 5.41 Å². The molecule has 0 aromatic rings. The number of hydrogen-bond donors (Lipinski definition) is 0. The Morgan fingerprint density at radius 3 is 1.81 bits per heavy atom. The Balaban J connectivity index is 4.66. The standard InChI is InChI=1S/C13H21F5O3/c1-6-11(5,12(14,15)16)13(17,18)20-8-7-9(19)21-10(2,3)4/h6-8H2,1-5H3. The van der Waals surface area contributed by atoms with Crippen LogP contribution in [-0.4, -0.2) is 30.5 Å². The number of alkyl halides is 5. The van der Waals surface area contributed by atoms with Gasteiger partial charge in [0, 0.05) is 0 Å². The highest BCUT2D eigenvalue weighted by Crippen LogP contribution is 2.51. The van der Waals surface area contributed by atoms with E-state index < -0.39 is 48.7 Å². The summed E-state index contributed by atoms with van der Waals surface area (Å²) in [5.74, 6) is -0.816. The van der Waals surface area contributed by atoms with Gasteiger partial charge < -0.3 is 9.47 Å². The maximum Gasteiger partial charge on any atom is 0.402 e. The lowest BCUT2D eigenvalue weighted by atomic mass is 9.85. The Labute approximate surface area is 120 Å². The van der Waals surface area contributed by atoms with E-state index in [0.717, 1.165) is 6.92 Å². The summed E-state index contributed by atoms with van der Waals surface area (Å²) >= 11 is 0. The van der Waals surface area contributed by atoms with Gasteiger partial charge in [-0.1, -0.05) is 6.92 Å². The highest BCUT2D eigenvalue weighted by Gasteiger charge is 2.66. The molecular formula is C13H21F5O3. The van der Waals surface area contributed by atoms with Crippen molar-refractivity contribution >= 4 is 5.97 Å². The van der Waals surface area contributed by atoms with Gasteiger partial charge in [0.1, 0.15) is 5.60 Å². The van der Waals surface area contributed by atoms with Gasteiger partial charge in [-0.3, -0.25) is 4.79 Å². The number of esters is 1. The van der Waals surface area contributed by atoms with Crippen LogP contribution in [0.2, 0.25) is 0 Å². The maximum absolute atomic E-state index is 13.7. The first kappa shape index (κ1) is 20.1. The summed E-state index contributed by atoms with van der Waals surface area (Å²) in [6.45, 7) is 5.28. The van der Waals surface area contributed by atoms with Gasteiger partial charge in [0.25, 0.3) is 0 Å². The first-order valence-electron chi connectivity index (χ1n) is 6.46. The summed E-state index contributed by atoms with van der Waals surface area (Å²) in [4.78, 5) is 11.3. The van der Waals surface area contributed by atoms with Crippen LogP contribution in [0.4, 0.5) is 22.0 Å². The van der Waals surface area contributed by atoms with Gasteiger partial charge in [-0.05, 0) is 34.1 Å². The third-order valence-corrected chi connectivity index (χ3v) is 2.98. The molecule has 0 spiro atoms. The van der Waals surface area contributed by atoms with Crippen LogP contribution in [0.15, 0.2) is 0 Å². The molecule has 0 amide bonds. The van der Waals surface area contributed by atoms with Crippen LogP contribution in [0.25, 0.3) is 0 Å². The molecule has 0 aromatic heterocycles. The van der Waals surface area contributed by atoms with Gasteiger partial charge in [0.2, 0.25) is 0 Å². The van der Waals surface area contributed by atoms with E-state index in [-0.39, 0.29) is 0 Å². The number of ether oxygens (including phenoxy) is 2. The van der Waals surface area contributed by atoms with Crippen molar-refractivity contribution in [2.24, 2.45) is 5.41 Å². The first-order chi connectivity index (χ1) is 9.16. The van der Waals surface area contributed by atoms with Crippen molar-refractivity contribution in [2.45, 2.75) is 65.3 Å². The minimum atomic E-state index is -5.13. The van der Waals surface area contributed by atoms with Crippen molar-refractivity contribution in [3.8, 4) is 0 Å². The second-order valence-corrected chi connectivity index (χ2v) is 5.89. The highest BCUT2D eigenvalue weighted by molar-refractivity contribution is 5.69. The SMILES string of the molecule is CCC(C)(C(F)(F)F)C(F)(F)OCCC(=O)OC(C)(C)C. The molecule has 0 bridgehead atoms. The van der Waals surface area contributed by atoms with E-state index in [1.54, 1.807) is 20.8 Å². The Morgan fingerprint density at radius 2 is 1.48 bits per heavy atom. The molecule has 0 heterocycles. The third-order valence-electron chi connectivity index (χ3n) is 2.98. The molecule has 126 valence electrons. The molecule has 1 unspecified atom stereocenters. The zero-order valence-corrected chi connectivity index (χ0v) is 12.7. The average molecular weight is 320 g/mol. The summed E-state index contributed by atoms with van der Waals surface area (Å²) in [6.07, 6.45) is -11.0. The monoisotopic (exact) mass is 320 g/mol. The van der Waals surface area contributed by atoms with Crippen LogP contribution in [0.5, 0.6) is 0 Å². The lowest BCUT2D eigenvalue weighted by Crippen LogP contribution is -2.51.